The molecule has 0 aliphatic carbocycles. The summed E-state index contributed by atoms with van der Waals surface area (Å²) in [5, 5.41) is 4.26. The number of nitrogens with two attached hydrogens (primary N) is 1. The third-order valence-corrected chi connectivity index (χ3v) is 2.68. The molecule has 0 saturated carbocycles. The predicted octanol–water partition coefficient (Wildman–Crippen LogP) is 1.64. The Morgan fingerprint density at radius 3 is 2.74 bits per heavy atom. The molecular weight excluding hydrogens is 244 g/mol. The van der Waals surface area contributed by atoms with E-state index >= 15 is 0 Å². The Morgan fingerprint density at radius 2 is 2.16 bits per heavy atom. The molecule has 2 aromatic rings. The van der Waals surface area contributed by atoms with Gasteiger partial charge in [0.15, 0.2) is 0 Å². The van der Waals surface area contributed by atoms with Gasteiger partial charge in [-0.25, -0.2) is 14.5 Å². The maximum atomic E-state index is 11.8. The third-order valence-electron chi connectivity index (χ3n) is 2.68. The zero-order chi connectivity index (χ0) is 14.0. The monoisotopic (exact) mass is 260 g/mol. The summed E-state index contributed by atoms with van der Waals surface area (Å²) in [4.78, 5) is 16.0. The first-order chi connectivity index (χ1) is 9.04. The van der Waals surface area contributed by atoms with Crippen LogP contribution in [-0.4, -0.2) is 27.3 Å². The Labute approximate surface area is 111 Å². The van der Waals surface area contributed by atoms with Crippen molar-refractivity contribution in [3.05, 3.63) is 35.4 Å². The lowest BCUT2D eigenvalue weighted by atomic mass is 10.1. The average molecular weight is 260 g/mol. The van der Waals surface area contributed by atoms with Gasteiger partial charge < -0.3 is 10.5 Å². The Morgan fingerprint density at radius 1 is 1.42 bits per heavy atom. The van der Waals surface area contributed by atoms with E-state index in [1.54, 1.807) is 36.7 Å². The zero-order valence-electron chi connectivity index (χ0n) is 11.2. The topological polar surface area (TPSA) is 83.0 Å². The van der Waals surface area contributed by atoms with Crippen molar-refractivity contribution in [1.29, 1.82) is 0 Å². The van der Waals surface area contributed by atoms with Crippen molar-refractivity contribution in [3.8, 4) is 5.69 Å². The van der Waals surface area contributed by atoms with Crippen LogP contribution in [-0.2, 0) is 4.74 Å². The molecule has 0 amide bonds. The van der Waals surface area contributed by atoms with E-state index in [-0.39, 0.29) is 0 Å². The summed E-state index contributed by atoms with van der Waals surface area (Å²) < 4.78 is 6.59. The first-order valence-corrected chi connectivity index (χ1v) is 6.00. The molecule has 0 radical (unpaired) electrons. The van der Waals surface area contributed by atoms with Gasteiger partial charge in [-0.3, -0.25) is 0 Å². The van der Waals surface area contributed by atoms with Crippen molar-refractivity contribution in [2.75, 3.05) is 12.3 Å². The van der Waals surface area contributed by atoms with Crippen LogP contribution in [0.2, 0.25) is 0 Å². The lowest BCUT2D eigenvalue weighted by Gasteiger charge is -2.10. The van der Waals surface area contributed by atoms with E-state index in [2.05, 4.69) is 10.1 Å². The number of rotatable bonds is 3. The number of hydrogen-bond donors (Lipinski definition) is 1. The average Bonchev–Trinajstić information content (AvgIpc) is 2.69. The first kappa shape index (κ1) is 13.1. The summed E-state index contributed by atoms with van der Waals surface area (Å²) >= 11 is 0. The van der Waals surface area contributed by atoms with Gasteiger partial charge in [-0.2, -0.15) is 5.10 Å². The molecule has 1 aromatic heterocycles. The number of carbonyl (C=O) groups is 1. The quantitative estimate of drug-likeness (QED) is 0.670. The van der Waals surface area contributed by atoms with E-state index in [1.165, 1.54) is 0 Å². The number of para-hydroxylation sites is 1. The van der Waals surface area contributed by atoms with Crippen molar-refractivity contribution in [3.63, 3.8) is 0 Å². The highest BCUT2D eigenvalue weighted by Gasteiger charge is 2.16. The van der Waals surface area contributed by atoms with Crippen LogP contribution < -0.4 is 5.73 Å². The molecule has 0 saturated heterocycles. The minimum atomic E-state index is -0.434. The number of benzene rings is 1. The number of nitrogens with zero attached hydrogens (tertiary/aromatic N) is 3. The number of esters is 1. The molecule has 100 valence electrons. The smallest absolute Gasteiger partial charge is 0.340 e. The molecule has 1 aromatic carbocycles. The van der Waals surface area contributed by atoms with Crippen LogP contribution in [0, 0.1) is 13.8 Å². The lowest BCUT2D eigenvalue weighted by molar-refractivity contribution is 0.0527. The minimum Gasteiger partial charge on any atom is -0.462 e. The second-order valence-corrected chi connectivity index (χ2v) is 4.08. The maximum Gasteiger partial charge on any atom is 0.340 e. The van der Waals surface area contributed by atoms with Crippen LogP contribution in [0.25, 0.3) is 5.69 Å². The molecule has 19 heavy (non-hydrogen) atoms. The van der Waals surface area contributed by atoms with E-state index in [0.717, 1.165) is 0 Å². The largest absolute Gasteiger partial charge is 0.462 e. The summed E-state index contributed by atoms with van der Waals surface area (Å²) in [5.41, 5.74) is 7.34. The highest BCUT2D eigenvalue weighted by molar-refractivity contribution is 5.97. The van der Waals surface area contributed by atoms with Crippen LogP contribution in [0.1, 0.15) is 28.9 Å². The van der Waals surface area contributed by atoms with Gasteiger partial charge in [0.1, 0.15) is 11.6 Å². The SMILES string of the molecule is CCOC(=O)c1cccc(-n2nc(C)nc2C)c1N. The molecule has 2 rings (SSSR count). The number of aromatic nitrogens is 3. The van der Waals surface area contributed by atoms with Crippen molar-refractivity contribution in [2.24, 2.45) is 0 Å². The number of aryl methyl sites for hydroxylation is 2. The molecule has 2 N–H and O–H groups in total. The van der Waals surface area contributed by atoms with Crippen LogP contribution in [0.5, 0.6) is 0 Å². The van der Waals surface area contributed by atoms with Gasteiger partial charge in [0.25, 0.3) is 0 Å². The molecular formula is C13H16N4O2. The predicted molar refractivity (Wildman–Crippen MR) is 71.2 cm³/mol. The zero-order valence-corrected chi connectivity index (χ0v) is 11.2. The molecule has 1 heterocycles. The standard InChI is InChI=1S/C13H16N4O2/c1-4-19-13(18)10-6-5-7-11(12(10)14)17-9(3)15-8(2)16-17/h5-7H,4,14H2,1-3H3. The Balaban J connectivity index is 2.51. The van der Waals surface area contributed by atoms with Crippen LogP contribution in [0.15, 0.2) is 18.2 Å². The molecule has 0 bridgehead atoms. The van der Waals surface area contributed by atoms with E-state index in [4.69, 9.17) is 10.5 Å². The molecule has 0 fully saturated rings. The lowest BCUT2D eigenvalue weighted by Crippen LogP contribution is -2.11. The van der Waals surface area contributed by atoms with Crippen LogP contribution in [0.4, 0.5) is 5.69 Å². The fourth-order valence-corrected chi connectivity index (χ4v) is 1.87. The van der Waals surface area contributed by atoms with Gasteiger partial charge in [-0.15, -0.1) is 0 Å². The van der Waals surface area contributed by atoms with Crippen molar-refractivity contribution in [1.82, 2.24) is 14.8 Å². The summed E-state index contributed by atoms with van der Waals surface area (Å²) in [6.45, 7) is 5.69. The molecule has 0 atom stereocenters. The molecule has 0 aliphatic heterocycles. The van der Waals surface area contributed by atoms with E-state index in [9.17, 15) is 4.79 Å². The van der Waals surface area contributed by atoms with E-state index in [0.29, 0.717) is 35.2 Å². The normalized spacial score (nSPS) is 10.5. The van der Waals surface area contributed by atoms with Crippen LogP contribution in [0.3, 0.4) is 0 Å². The summed E-state index contributed by atoms with van der Waals surface area (Å²) in [6.07, 6.45) is 0. The van der Waals surface area contributed by atoms with Gasteiger partial charge in [0, 0.05) is 0 Å². The highest BCUT2D eigenvalue weighted by atomic mass is 16.5. The number of hydrogen-bond acceptors (Lipinski definition) is 5. The fourth-order valence-electron chi connectivity index (χ4n) is 1.87. The van der Waals surface area contributed by atoms with Gasteiger partial charge in [-0.1, -0.05) is 6.07 Å². The third kappa shape index (κ3) is 2.42. The van der Waals surface area contributed by atoms with Gasteiger partial charge in [-0.05, 0) is 32.9 Å². The summed E-state index contributed by atoms with van der Waals surface area (Å²) in [5.74, 6) is 0.931. The Kier molecular flexibility index (Phi) is 3.50. The second kappa shape index (κ2) is 5.09. The van der Waals surface area contributed by atoms with Crippen LogP contribution >= 0.6 is 0 Å². The van der Waals surface area contributed by atoms with Crippen molar-refractivity contribution >= 4 is 11.7 Å². The number of ether oxygens (including phenoxy) is 1. The summed E-state index contributed by atoms with van der Waals surface area (Å²) in [7, 11) is 0. The minimum absolute atomic E-state index is 0.309. The number of nitrogen functional groups attached to an aromatic ring is 1. The van der Waals surface area contributed by atoms with Gasteiger partial charge >= 0.3 is 5.97 Å². The maximum absolute atomic E-state index is 11.8. The molecule has 0 spiro atoms. The molecule has 0 unspecified atom stereocenters. The highest BCUT2D eigenvalue weighted by Crippen LogP contribution is 2.22. The second-order valence-electron chi connectivity index (χ2n) is 4.08. The molecule has 0 aliphatic rings. The number of anilines is 1. The first-order valence-electron chi connectivity index (χ1n) is 6.00. The van der Waals surface area contributed by atoms with Crippen molar-refractivity contribution in [2.45, 2.75) is 20.8 Å². The number of carbonyl (C=O) groups excluding carboxylic acids is 1. The van der Waals surface area contributed by atoms with E-state index in [1.807, 2.05) is 6.92 Å². The summed E-state index contributed by atoms with van der Waals surface area (Å²) in [6, 6.07) is 5.17. The Bertz CT molecular complexity index is 619. The van der Waals surface area contributed by atoms with Gasteiger partial charge in [0.2, 0.25) is 0 Å². The van der Waals surface area contributed by atoms with Crippen molar-refractivity contribution < 1.29 is 9.53 Å². The van der Waals surface area contributed by atoms with Gasteiger partial charge in [0.05, 0.1) is 23.5 Å². The fraction of sp³-hybridized carbons (Fsp3) is 0.308. The molecule has 6 heteroatoms. The molecule has 6 nitrogen and oxygen atoms in total. The Hall–Kier alpha value is -2.37. The van der Waals surface area contributed by atoms with E-state index < -0.39 is 5.97 Å².